The Bertz CT molecular complexity index is 805. The summed E-state index contributed by atoms with van der Waals surface area (Å²) < 4.78 is 1.32. The molecule has 0 fully saturated rings. The Labute approximate surface area is 145 Å². The molecule has 1 heterocycles. The van der Waals surface area contributed by atoms with E-state index in [1.54, 1.807) is 45.0 Å². The quantitative estimate of drug-likeness (QED) is 0.764. The average molecular weight is 343 g/mol. The van der Waals surface area contributed by atoms with Gasteiger partial charge in [-0.25, -0.2) is 0 Å². The van der Waals surface area contributed by atoms with Crippen LogP contribution in [0.3, 0.4) is 0 Å². The van der Waals surface area contributed by atoms with Gasteiger partial charge in [0.1, 0.15) is 6.54 Å². The minimum Gasteiger partial charge on any atom is -0.368 e. The number of para-hydroxylation sites is 1. The van der Waals surface area contributed by atoms with Crippen molar-refractivity contribution in [2.24, 2.45) is 11.1 Å². The van der Waals surface area contributed by atoms with Crippen molar-refractivity contribution in [3.8, 4) is 0 Å². The number of hydrogen-bond donors (Lipinski definition) is 3. The van der Waals surface area contributed by atoms with Crippen LogP contribution < -0.4 is 16.4 Å². The summed E-state index contributed by atoms with van der Waals surface area (Å²) in [7, 11) is 0. The number of rotatable bonds is 5. The van der Waals surface area contributed by atoms with Crippen molar-refractivity contribution >= 4 is 29.1 Å². The molecule has 0 spiro atoms. The largest absolute Gasteiger partial charge is 0.368 e. The third kappa shape index (κ3) is 4.90. The summed E-state index contributed by atoms with van der Waals surface area (Å²) in [5.41, 5.74) is 5.68. The topological polar surface area (TPSA) is 119 Å². The van der Waals surface area contributed by atoms with Crippen LogP contribution in [-0.4, -0.2) is 27.5 Å². The predicted octanol–water partition coefficient (Wildman–Crippen LogP) is 1.61. The van der Waals surface area contributed by atoms with E-state index in [0.717, 1.165) is 0 Å². The molecule has 8 nitrogen and oxygen atoms in total. The normalized spacial score (nSPS) is 11.0. The van der Waals surface area contributed by atoms with Crippen LogP contribution in [0.25, 0.3) is 0 Å². The van der Waals surface area contributed by atoms with Crippen molar-refractivity contribution in [1.82, 2.24) is 9.78 Å². The molecule has 25 heavy (non-hydrogen) atoms. The highest BCUT2D eigenvalue weighted by atomic mass is 16.2. The molecule has 0 aliphatic rings. The second-order valence-corrected chi connectivity index (χ2v) is 6.60. The molecule has 8 heteroatoms. The molecule has 0 radical (unpaired) electrons. The van der Waals surface area contributed by atoms with Crippen molar-refractivity contribution in [3.05, 3.63) is 42.2 Å². The molecule has 1 aromatic carbocycles. The Hall–Kier alpha value is -3.16. The fraction of sp³-hybridized carbons (Fsp3) is 0.294. The van der Waals surface area contributed by atoms with Crippen LogP contribution in [0.15, 0.2) is 36.7 Å². The standard InChI is InChI=1S/C17H21N5O3/c1-17(2,3)16(25)21-13-7-5-4-6-12(13)15(24)20-11-8-19-22(9-11)10-14(18)23/h4-9H,10H2,1-3H3,(H2,18,23)(H,20,24)(H,21,25). The highest BCUT2D eigenvalue weighted by Crippen LogP contribution is 2.21. The van der Waals surface area contributed by atoms with Gasteiger partial charge in [-0.1, -0.05) is 32.9 Å². The lowest BCUT2D eigenvalue weighted by molar-refractivity contribution is -0.123. The highest BCUT2D eigenvalue weighted by molar-refractivity contribution is 6.10. The van der Waals surface area contributed by atoms with E-state index in [0.29, 0.717) is 16.9 Å². The average Bonchev–Trinajstić information content (AvgIpc) is 2.92. The molecule has 2 rings (SSSR count). The van der Waals surface area contributed by atoms with Crippen molar-refractivity contribution in [2.45, 2.75) is 27.3 Å². The summed E-state index contributed by atoms with van der Waals surface area (Å²) in [6.45, 7) is 5.29. The van der Waals surface area contributed by atoms with Gasteiger partial charge in [0.25, 0.3) is 5.91 Å². The predicted molar refractivity (Wildman–Crippen MR) is 93.9 cm³/mol. The smallest absolute Gasteiger partial charge is 0.257 e. The van der Waals surface area contributed by atoms with Crippen molar-refractivity contribution in [3.63, 3.8) is 0 Å². The van der Waals surface area contributed by atoms with Gasteiger partial charge in [0.2, 0.25) is 11.8 Å². The maximum Gasteiger partial charge on any atom is 0.257 e. The van der Waals surface area contributed by atoms with Crippen LogP contribution in [0.4, 0.5) is 11.4 Å². The third-order valence-electron chi connectivity index (χ3n) is 3.31. The Kier molecular flexibility index (Phi) is 5.21. The maximum atomic E-state index is 12.5. The lowest BCUT2D eigenvalue weighted by Crippen LogP contribution is -2.28. The maximum absolute atomic E-state index is 12.5. The summed E-state index contributed by atoms with van der Waals surface area (Å²) >= 11 is 0. The summed E-state index contributed by atoms with van der Waals surface area (Å²) in [6, 6.07) is 6.72. The molecule has 2 aromatic rings. The molecule has 0 bridgehead atoms. The number of aromatic nitrogens is 2. The van der Waals surface area contributed by atoms with Crippen molar-refractivity contribution in [2.75, 3.05) is 10.6 Å². The van der Waals surface area contributed by atoms with E-state index in [4.69, 9.17) is 5.73 Å². The number of hydrogen-bond acceptors (Lipinski definition) is 4. The Morgan fingerprint density at radius 3 is 2.48 bits per heavy atom. The zero-order chi connectivity index (χ0) is 18.6. The number of nitrogens with two attached hydrogens (primary N) is 1. The number of nitrogens with one attached hydrogen (secondary N) is 2. The van der Waals surface area contributed by atoms with Crippen LogP contribution in [-0.2, 0) is 16.1 Å². The minimum atomic E-state index is -0.584. The first-order valence-corrected chi connectivity index (χ1v) is 7.69. The Morgan fingerprint density at radius 1 is 1.16 bits per heavy atom. The summed E-state index contributed by atoms with van der Waals surface area (Å²) in [4.78, 5) is 35.6. The van der Waals surface area contributed by atoms with Crippen LogP contribution >= 0.6 is 0 Å². The number of benzene rings is 1. The molecule has 0 aliphatic carbocycles. The second kappa shape index (κ2) is 7.16. The number of primary amides is 1. The first kappa shape index (κ1) is 18.2. The Morgan fingerprint density at radius 2 is 1.84 bits per heavy atom. The fourth-order valence-corrected chi connectivity index (χ4v) is 1.97. The van der Waals surface area contributed by atoms with Crippen LogP contribution in [0.5, 0.6) is 0 Å². The monoisotopic (exact) mass is 343 g/mol. The number of carbonyl (C=O) groups is 3. The fourth-order valence-electron chi connectivity index (χ4n) is 1.97. The van der Waals surface area contributed by atoms with Gasteiger partial charge >= 0.3 is 0 Å². The highest BCUT2D eigenvalue weighted by Gasteiger charge is 2.23. The molecule has 4 N–H and O–H groups in total. The third-order valence-corrected chi connectivity index (χ3v) is 3.31. The lowest BCUT2D eigenvalue weighted by Gasteiger charge is -2.19. The molecule has 0 aliphatic heterocycles. The molecule has 132 valence electrons. The van der Waals surface area contributed by atoms with Gasteiger partial charge in [-0.15, -0.1) is 0 Å². The van der Waals surface area contributed by atoms with E-state index in [1.165, 1.54) is 17.1 Å². The van der Waals surface area contributed by atoms with Crippen molar-refractivity contribution in [1.29, 1.82) is 0 Å². The summed E-state index contributed by atoms with van der Waals surface area (Å²) in [5.74, 6) is -1.12. The van der Waals surface area contributed by atoms with Gasteiger partial charge in [-0.2, -0.15) is 5.10 Å². The molecular formula is C17H21N5O3. The van der Waals surface area contributed by atoms with E-state index in [1.807, 2.05) is 0 Å². The van der Waals surface area contributed by atoms with Gasteiger partial charge < -0.3 is 16.4 Å². The SMILES string of the molecule is CC(C)(C)C(=O)Nc1ccccc1C(=O)Nc1cnn(CC(N)=O)c1. The lowest BCUT2D eigenvalue weighted by atomic mass is 9.95. The zero-order valence-electron chi connectivity index (χ0n) is 14.4. The van der Waals surface area contributed by atoms with E-state index in [2.05, 4.69) is 15.7 Å². The molecule has 0 unspecified atom stereocenters. The number of nitrogens with zero attached hydrogens (tertiary/aromatic N) is 2. The van der Waals surface area contributed by atoms with Gasteiger partial charge in [0.05, 0.1) is 23.1 Å². The van der Waals surface area contributed by atoms with Crippen LogP contribution in [0.2, 0.25) is 0 Å². The first-order chi connectivity index (χ1) is 11.7. The van der Waals surface area contributed by atoms with Gasteiger partial charge in [-0.3, -0.25) is 19.1 Å². The zero-order valence-corrected chi connectivity index (χ0v) is 14.4. The van der Waals surface area contributed by atoms with E-state index < -0.39 is 17.2 Å². The number of amides is 3. The molecule has 0 saturated carbocycles. The Balaban J connectivity index is 2.15. The van der Waals surface area contributed by atoms with Gasteiger partial charge in [0.15, 0.2) is 0 Å². The number of anilines is 2. The van der Waals surface area contributed by atoms with E-state index in [-0.39, 0.29) is 12.5 Å². The minimum absolute atomic E-state index is 0.0753. The van der Waals surface area contributed by atoms with Gasteiger partial charge in [0, 0.05) is 11.6 Å². The molecule has 0 atom stereocenters. The number of carbonyl (C=O) groups excluding carboxylic acids is 3. The molecular weight excluding hydrogens is 322 g/mol. The molecule has 1 aromatic heterocycles. The van der Waals surface area contributed by atoms with Crippen molar-refractivity contribution < 1.29 is 14.4 Å². The summed E-state index contributed by atoms with van der Waals surface area (Å²) in [6.07, 6.45) is 2.91. The second-order valence-electron chi connectivity index (χ2n) is 6.60. The van der Waals surface area contributed by atoms with Crippen LogP contribution in [0, 0.1) is 5.41 Å². The molecule has 0 saturated heterocycles. The van der Waals surface area contributed by atoms with E-state index >= 15 is 0 Å². The van der Waals surface area contributed by atoms with E-state index in [9.17, 15) is 14.4 Å². The summed E-state index contributed by atoms with van der Waals surface area (Å²) in [5, 5.41) is 9.38. The first-order valence-electron chi connectivity index (χ1n) is 7.69. The molecule has 3 amide bonds. The van der Waals surface area contributed by atoms with Crippen LogP contribution in [0.1, 0.15) is 31.1 Å². The van der Waals surface area contributed by atoms with Gasteiger partial charge in [-0.05, 0) is 12.1 Å².